The van der Waals surface area contributed by atoms with E-state index in [0.717, 1.165) is 16.8 Å². The van der Waals surface area contributed by atoms with Gasteiger partial charge < -0.3 is 14.2 Å². The fourth-order valence-electron chi connectivity index (χ4n) is 3.13. The summed E-state index contributed by atoms with van der Waals surface area (Å²) in [5, 5.41) is -0.237. The maximum atomic E-state index is 13.3. The predicted octanol–water partition coefficient (Wildman–Crippen LogP) is 3.73. The molecular weight excluding hydrogens is 409 g/mol. The maximum absolute atomic E-state index is 13.3. The lowest BCUT2D eigenvalue weighted by atomic mass is 10.1. The lowest BCUT2D eigenvalue weighted by molar-refractivity contribution is -0.115. The Balaban J connectivity index is 1.68. The maximum Gasteiger partial charge on any atom is 0.338 e. The van der Waals surface area contributed by atoms with Gasteiger partial charge in [-0.25, -0.2) is 9.18 Å². The molecule has 1 fully saturated rings. The Labute approximate surface area is 179 Å². The number of hydrogen-bond acceptors (Lipinski definition) is 6. The minimum atomic E-state index is -0.447. The predicted molar refractivity (Wildman–Crippen MR) is 113 cm³/mol. The molecule has 0 saturated carbocycles. The van der Waals surface area contributed by atoms with Crippen molar-refractivity contribution in [3.8, 4) is 0 Å². The molecule has 0 spiro atoms. The third-order valence-corrected chi connectivity index (χ3v) is 5.82. The van der Waals surface area contributed by atoms with Gasteiger partial charge in [-0.2, -0.15) is 0 Å². The Kier molecular flexibility index (Phi) is 7.84. The minimum absolute atomic E-state index is 0.0269. The van der Waals surface area contributed by atoms with Crippen LogP contribution in [0.5, 0.6) is 0 Å². The number of aryl methyl sites for hydroxylation is 1. The zero-order chi connectivity index (χ0) is 21.5. The molecule has 0 aliphatic carbocycles. The Bertz CT molecular complexity index is 890. The second-order valence-corrected chi connectivity index (χ2v) is 7.79. The number of carbonyl (C=O) groups is 2. The van der Waals surface area contributed by atoms with Gasteiger partial charge in [0.2, 0.25) is 5.91 Å². The Morgan fingerprint density at radius 2 is 1.87 bits per heavy atom. The van der Waals surface area contributed by atoms with E-state index in [9.17, 15) is 14.0 Å². The molecule has 1 atom stereocenters. The van der Waals surface area contributed by atoms with E-state index in [1.165, 1.54) is 23.9 Å². The van der Waals surface area contributed by atoms with Gasteiger partial charge in [0.15, 0.2) is 0 Å². The van der Waals surface area contributed by atoms with Crippen molar-refractivity contribution in [2.24, 2.45) is 0 Å². The van der Waals surface area contributed by atoms with Gasteiger partial charge in [0.1, 0.15) is 17.8 Å². The summed E-state index contributed by atoms with van der Waals surface area (Å²) in [6, 6.07) is 11.3. The first-order valence-electron chi connectivity index (χ1n) is 9.55. The monoisotopic (exact) mass is 433 g/mol. The summed E-state index contributed by atoms with van der Waals surface area (Å²) in [5.74, 6) is -0.449. The standard InChI is InChI=1S/C22H24FNO5S/c1-15-13-17(22(26)29-12-11-28-10-9-27-2)5-8-19(15)24-20(25)14-30-21(24)16-3-6-18(23)7-4-16/h3-8,13,21H,9-12,14H2,1-2H3. The third-order valence-electron chi connectivity index (χ3n) is 4.61. The summed E-state index contributed by atoms with van der Waals surface area (Å²) < 4.78 is 28.6. The van der Waals surface area contributed by atoms with Gasteiger partial charge in [0.05, 0.1) is 31.1 Å². The second kappa shape index (κ2) is 10.6. The van der Waals surface area contributed by atoms with Gasteiger partial charge in [-0.15, -0.1) is 11.8 Å². The van der Waals surface area contributed by atoms with E-state index in [2.05, 4.69) is 0 Å². The number of esters is 1. The van der Waals surface area contributed by atoms with Crippen LogP contribution in [-0.4, -0.2) is 51.2 Å². The van der Waals surface area contributed by atoms with E-state index < -0.39 is 5.97 Å². The summed E-state index contributed by atoms with van der Waals surface area (Å²) in [7, 11) is 1.59. The molecule has 1 saturated heterocycles. The number of carbonyl (C=O) groups excluding carboxylic acids is 2. The van der Waals surface area contributed by atoms with E-state index in [-0.39, 0.29) is 23.7 Å². The van der Waals surface area contributed by atoms with Crippen LogP contribution in [0, 0.1) is 12.7 Å². The molecule has 3 rings (SSSR count). The lowest BCUT2D eigenvalue weighted by Gasteiger charge is -2.26. The Morgan fingerprint density at radius 1 is 1.13 bits per heavy atom. The van der Waals surface area contributed by atoms with E-state index in [1.807, 2.05) is 6.92 Å². The van der Waals surface area contributed by atoms with E-state index >= 15 is 0 Å². The van der Waals surface area contributed by atoms with Crippen LogP contribution in [0.15, 0.2) is 42.5 Å². The molecule has 0 radical (unpaired) electrons. The molecule has 1 heterocycles. The molecule has 8 heteroatoms. The smallest absolute Gasteiger partial charge is 0.338 e. The first kappa shape index (κ1) is 22.3. The van der Waals surface area contributed by atoms with Crippen molar-refractivity contribution in [3.63, 3.8) is 0 Å². The molecule has 1 aliphatic rings. The molecule has 0 aromatic heterocycles. The van der Waals surface area contributed by atoms with Gasteiger partial charge in [0.25, 0.3) is 0 Å². The average molecular weight is 434 g/mol. The zero-order valence-corrected chi connectivity index (χ0v) is 17.7. The van der Waals surface area contributed by atoms with Crippen molar-refractivity contribution in [2.75, 3.05) is 44.2 Å². The van der Waals surface area contributed by atoms with Crippen LogP contribution in [0.2, 0.25) is 0 Å². The van der Waals surface area contributed by atoms with Crippen LogP contribution in [0.4, 0.5) is 10.1 Å². The quantitative estimate of drug-likeness (QED) is 0.444. The van der Waals surface area contributed by atoms with Crippen LogP contribution in [0.25, 0.3) is 0 Å². The van der Waals surface area contributed by atoms with Crippen LogP contribution in [0.1, 0.15) is 26.9 Å². The van der Waals surface area contributed by atoms with E-state index in [1.54, 1.807) is 42.3 Å². The van der Waals surface area contributed by atoms with Crippen LogP contribution in [-0.2, 0) is 19.0 Å². The summed E-state index contributed by atoms with van der Waals surface area (Å²) >= 11 is 1.49. The van der Waals surface area contributed by atoms with Crippen LogP contribution >= 0.6 is 11.8 Å². The van der Waals surface area contributed by atoms with Crippen molar-refractivity contribution < 1.29 is 28.2 Å². The molecule has 1 amide bonds. The van der Waals surface area contributed by atoms with Crippen molar-refractivity contribution >= 4 is 29.3 Å². The highest BCUT2D eigenvalue weighted by molar-refractivity contribution is 8.00. The molecule has 30 heavy (non-hydrogen) atoms. The fourth-order valence-corrected chi connectivity index (χ4v) is 4.30. The van der Waals surface area contributed by atoms with Crippen molar-refractivity contribution in [3.05, 3.63) is 65.0 Å². The molecular formula is C22H24FNO5S. The first-order valence-corrected chi connectivity index (χ1v) is 10.6. The molecule has 160 valence electrons. The summed E-state index contributed by atoms with van der Waals surface area (Å²) in [5.41, 5.74) is 2.76. The van der Waals surface area contributed by atoms with Crippen LogP contribution < -0.4 is 4.90 Å². The normalized spacial score (nSPS) is 16.2. The fraction of sp³-hybridized carbons (Fsp3) is 0.364. The topological polar surface area (TPSA) is 65.1 Å². The molecule has 1 aliphatic heterocycles. The van der Waals surface area contributed by atoms with Crippen molar-refractivity contribution in [1.82, 2.24) is 0 Å². The average Bonchev–Trinajstić information content (AvgIpc) is 3.12. The largest absolute Gasteiger partial charge is 0.460 e. The number of benzene rings is 2. The van der Waals surface area contributed by atoms with Gasteiger partial charge >= 0.3 is 5.97 Å². The molecule has 0 bridgehead atoms. The highest BCUT2D eigenvalue weighted by Crippen LogP contribution is 2.42. The number of amides is 1. The summed E-state index contributed by atoms with van der Waals surface area (Å²) in [6.07, 6.45) is 0. The van der Waals surface area contributed by atoms with E-state index in [0.29, 0.717) is 31.1 Å². The number of hydrogen-bond donors (Lipinski definition) is 0. The second-order valence-electron chi connectivity index (χ2n) is 6.72. The van der Waals surface area contributed by atoms with Crippen LogP contribution in [0.3, 0.4) is 0 Å². The molecule has 6 nitrogen and oxygen atoms in total. The summed E-state index contributed by atoms with van der Waals surface area (Å²) in [4.78, 5) is 26.5. The number of nitrogens with zero attached hydrogens (tertiary/aromatic N) is 1. The van der Waals surface area contributed by atoms with Gasteiger partial charge in [-0.05, 0) is 48.4 Å². The van der Waals surface area contributed by atoms with E-state index in [4.69, 9.17) is 14.2 Å². The summed E-state index contributed by atoms with van der Waals surface area (Å²) in [6.45, 7) is 3.22. The number of thioether (sulfide) groups is 1. The zero-order valence-electron chi connectivity index (χ0n) is 16.9. The van der Waals surface area contributed by atoms with Gasteiger partial charge in [-0.1, -0.05) is 12.1 Å². The molecule has 2 aromatic carbocycles. The van der Waals surface area contributed by atoms with Crippen molar-refractivity contribution in [1.29, 1.82) is 0 Å². The highest BCUT2D eigenvalue weighted by Gasteiger charge is 2.35. The SMILES string of the molecule is COCCOCCOC(=O)c1ccc(N2C(=O)CSC2c2ccc(F)cc2)c(C)c1. The highest BCUT2D eigenvalue weighted by atomic mass is 32.2. The third kappa shape index (κ3) is 5.38. The number of anilines is 1. The van der Waals surface area contributed by atoms with Gasteiger partial charge in [-0.3, -0.25) is 9.69 Å². The Morgan fingerprint density at radius 3 is 2.57 bits per heavy atom. The number of methoxy groups -OCH3 is 1. The Hall–Kier alpha value is -2.42. The molecule has 2 aromatic rings. The lowest BCUT2D eigenvalue weighted by Crippen LogP contribution is -2.28. The molecule has 0 N–H and O–H groups in total. The number of rotatable bonds is 9. The minimum Gasteiger partial charge on any atom is -0.460 e. The molecule has 1 unspecified atom stereocenters. The van der Waals surface area contributed by atoms with Crippen molar-refractivity contribution in [2.45, 2.75) is 12.3 Å². The van der Waals surface area contributed by atoms with Gasteiger partial charge in [0, 0.05) is 12.8 Å². The number of halogens is 1. The number of ether oxygens (including phenoxy) is 3. The first-order chi connectivity index (χ1) is 14.5.